The average Bonchev–Trinajstić information content (AvgIpc) is 2.88. The molecule has 1 unspecified atom stereocenters. The Balaban J connectivity index is 1.64. The maximum atomic E-state index is 14.4. The number of imide groups is 1. The van der Waals surface area contributed by atoms with E-state index in [0.29, 0.717) is 17.3 Å². The van der Waals surface area contributed by atoms with Gasteiger partial charge in [-0.05, 0) is 62.9 Å². The molecule has 0 spiro atoms. The van der Waals surface area contributed by atoms with Gasteiger partial charge in [-0.3, -0.25) is 5.43 Å². The Morgan fingerprint density at radius 3 is 2.59 bits per heavy atom. The van der Waals surface area contributed by atoms with Gasteiger partial charge in [-0.15, -0.1) is 0 Å². The highest BCUT2D eigenvalue weighted by molar-refractivity contribution is 6.30. The molecule has 1 aliphatic rings. The molecule has 0 aromatic heterocycles. The first-order valence-corrected chi connectivity index (χ1v) is 12.6. The van der Waals surface area contributed by atoms with E-state index in [2.05, 4.69) is 10.7 Å². The zero-order valence-corrected chi connectivity index (χ0v) is 22.1. The first-order valence-electron chi connectivity index (χ1n) is 12.3. The highest BCUT2D eigenvalue weighted by Gasteiger charge is 2.26. The number of benzene rings is 2. The van der Waals surface area contributed by atoms with Crippen molar-refractivity contribution in [3.05, 3.63) is 58.9 Å². The van der Waals surface area contributed by atoms with Crippen molar-refractivity contribution < 1.29 is 28.2 Å². The van der Waals surface area contributed by atoms with Crippen molar-refractivity contribution in [2.24, 2.45) is 0 Å². The second-order valence-corrected chi connectivity index (χ2v) is 9.31. The fraction of sp³-hybridized carbons (Fsp3) is 0.462. The van der Waals surface area contributed by atoms with Gasteiger partial charge in [0, 0.05) is 31.3 Å². The number of carbonyl (C=O) groups excluding carboxylic acids is 2. The maximum absolute atomic E-state index is 14.4. The number of nitrogens with one attached hydrogen (secondary N) is 2. The van der Waals surface area contributed by atoms with Crippen molar-refractivity contribution in [1.82, 2.24) is 15.2 Å². The van der Waals surface area contributed by atoms with E-state index >= 15 is 0 Å². The number of hydrogen-bond acceptors (Lipinski definition) is 6. The minimum atomic E-state index is -0.648. The topological polar surface area (TPSA) is 92.4 Å². The summed E-state index contributed by atoms with van der Waals surface area (Å²) in [4.78, 5) is 27.3. The average molecular weight is 537 g/mol. The molecular weight excluding hydrogens is 503 g/mol. The summed E-state index contributed by atoms with van der Waals surface area (Å²) in [6.45, 7) is 4.52. The van der Waals surface area contributed by atoms with E-state index in [9.17, 15) is 14.0 Å². The molecule has 1 atom stereocenters. The molecule has 2 aromatic carbocycles. The van der Waals surface area contributed by atoms with Crippen molar-refractivity contribution in [1.29, 1.82) is 0 Å². The summed E-state index contributed by atoms with van der Waals surface area (Å²) >= 11 is 5.92. The first kappa shape index (κ1) is 28.5. The van der Waals surface area contributed by atoms with Crippen molar-refractivity contribution in [2.75, 3.05) is 32.2 Å². The molecule has 1 saturated heterocycles. The summed E-state index contributed by atoms with van der Waals surface area (Å²) < 4.78 is 31.1. The van der Waals surface area contributed by atoms with Crippen LogP contribution in [-0.2, 0) is 16.0 Å². The largest absolute Gasteiger partial charge is 0.488 e. The third-order valence-electron chi connectivity index (χ3n) is 5.47. The van der Waals surface area contributed by atoms with Gasteiger partial charge in [0.2, 0.25) is 0 Å². The molecule has 11 heteroatoms. The van der Waals surface area contributed by atoms with Gasteiger partial charge >= 0.3 is 12.1 Å². The van der Waals surface area contributed by atoms with Crippen LogP contribution in [0.4, 0.5) is 19.7 Å². The van der Waals surface area contributed by atoms with Crippen molar-refractivity contribution >= 4 is 29.4 Å². The van der Waals surface area contributed by atoms with E-state index in [1.807, 2.05) is 0 Å². The molecule has 0 saturated carbocycles. The van der Waals surface area contributed by atoms with Crippen LogP contribution in [0.15, 0.2) is 42.5 Å². The number of nitrogens with zero attached hydrogens (tertiary/aromatic N) is 2. The van der Waals surface area contributed by atoms with Crippen LogP contribution in [0.5, 0.6) is 5.75 Å². The maximum Gasteiger partial charge on any atom is 0.346 e. The molecular formula is C26H34ClFN4O5. The predicted octanol–water partition coefficient (Wildman–Crippen LogP) is 5.40. The van der Waals surface area contributed by atoms with Crippen molar-refractivity contribution in [2.45, 2.75) is 52.0 Å². The van der Waals surface area contributed by atoms with Gasteiger partial charge in [0.25, 0.3) is 0 Å². The van der Waals surface area contributed by atoms with Crippen LogP contribution in [0, 0.1) is 5.82 Å². The van der Waals surface area contributed by atoms with Gasteiger partial charge in [-0.1, -0.05) is 23.7 Å². The molecule has 37 heavy (non-hydrogen) atoms. The lowest BCUT2D eigenvalue weighted by Crippen LogP contribution is -2.51. The standard InChI is InChI=1S/C26H34ClFN4O5/c1-18(2)37-23-12-11-21(16-22(23)28)30-31(3)26(34)32(13-15-36-24-6-4-5-14-35-24)25(33)29-17-19-7-9-20(27)10-8-19/h7-12,16,18,24,30H,4-6,13-15,17H2,1-3H3,(H,29,33). The van der Waals surface area contributed by atoms with E-state index < -0.39 is 17.9 Å². The Morgan fingerprint density at radius 1 is 1.19 bits per heavy atom. The molecule has 9 nitrogen and oxygen atoms in total. The Hall–Kier alpha value is -3.08. The Labute approximate surface area is 221 Å². The van der Waals surface area contributed by atoms with E-state index in [-0.39, 0.29) is 37.8 Å². The second kappa shape index (κ2) is 14.0. The summed E-state index contributed by atoms with van der Waals surface area (Å²) in [5.41, 5.74) is 3.94. The predicted molar refractivity (Wildman–Crippen MR) is 139 cm³/mol. The van der Waals surface area contributed by atoms with E-state index in [4.69, 9.17) is 25.8 Å². The number of urea groups is 2. The number of rotatable bonds is 10. The quantitative estimate of drug-likeness (QED) is 0.395. The minimum Gasteiger partial charge on any atom is -0.488 e. The molecule has 2 N–H and O–H groups in total. The summed E-state index contributed by atoms with van der Waals surface area (Å²) in [6, 6.07) is 10.0. The Morgan fingerprint density at radius 2 is 1.95 bits per heavy atom. The van der Waals surface area contributed by atoms with E-state index in [1.165, 1.54) is 19.2 Å². The van der Waals surface area contributed by atoms with Crippen LogP contribution in [0.25, 0.3) is 0 Å². The number of amides is 4. The second-order valence-electron chi connectivity index (χ2n) is 8.87. The van der Waals surface area contributed by atoms with Crippen LogP contribution >= 0.6 is 11.6 Å². The number of carbonyl (C=O) groups is 2. The van der Waals surface area contributed by atoms with Crippen LogP contribution in [-0.4, -0.2) is 61.2 Å². The van der Waals surface area contributed by atoms with Crippen molar-refractivity contribution in [3.8, 4) is 5.75 Å². The summed E-state index contributed by atoms with van der Waals surface area (Å²) in [5.74, 6) is -0.460. The van der Waals surface area contributed by atoms with Gasteiger partial charge in [0.05, 0.1) is 24.9 Å². The van der Waals surface area contributed by atoms with Crippen LogP contribution in [0.3, 0.4) is 0 Å². The number of hydrazine groups is 1. The highest BCUT2D eigenvalue weighted by Crippen LogP contribution is 2.22. The lowest BCUT2D eigenvalue weighted by atomic mass is 10.2. The smallest absolute Gasteiger partial charge is 0.346 e. The highest BCUT2D eigenvalue weighted by atomic mass is 35.5. The van der Waals surface area contributed by atoms with Gasteiger partial charge in [0.1, 0.15) is 0 Å². The van der Waals surface area contributed by atoms with Crippen LogP contribution in [0.2, 0.25) is 5.02 Å². The lowest BCUT2D eigenvalue weighted by Gasteiger charge is -2.29. The van der Waals surface area contributed by atoms with Crippen LogP contribution in [0.1, 0.15) is 38.7 Å². The van der Waals surface area contributed by atoms with Gasteiger partial charge in [-0.2, -0.15) is 0 Å². The van der Waals surface area contributed by atoms with Crippen LogP contribution < -0.4 is 15.5 Å². The summed E-state index contributed by atoms with van der Waals surface area (Å²) in [5, 5.41) is 4.44. The third kappa shape index (κ3) is 9.07. The fourth-order valence-electron chi connectivity index (χ4n) is 3.62. The van der Waals surface area contributed by atoms with E-state index in [0.717, 1.165) is 34.7 Å². The van der Waals surface area contributed by atoms with Gasteiger partial charge in [0.15, 0.2) is 17.9 Å². The van der Waals surface area contributed by atoms with Crippen molar-refractivity contribution in [3.63, 3.8) is 0 Å². The molecule has 0 bridgehead atoms. The number of halogens is 2. The third-order valence-corrected chi connectivity index (χ3v) is 5.72. The lowest BCUT2D eigenvalue weighted by molar-refractivity contribution is -0.162. The fourth-order valence-corrected chi connectivity index (χ4v) is 3.75. The van der Waals surface area contributed by atoms with E-state index in [1.54, 1.807) is 44.2 Å². The zero-order chi connectivity index (χ0) is 26.8. The number of hydrogen-bond donors (Lipinski definition) is 2. The Kier molecular flexibility index (Phi) is 10.8. The minimum absolute atomic E-state index is 0.00725. The monoisotopic (exact) mass is 536 g/mol. The summed E-state index contributed by atoms with van der Waals surface area (Å²) in [6.07, 6.45) is 2.21. The SMILES string of the molecule is CC(C)Oc1ccc(NN(C)C(=O)N(CCOC2CCCCO2)C(=O)NCc2ccc(Cl)cc2)cc1F. The molecule has 1 fully saturated rings. The molecule has 0 radical (unpaired) electrons. The molecule has 4 amide bonds. The number of ether oxygens (including phenoxy) is 3. The molecule has 1 heterocycles. The van der Waals surface area contributed by atoms with Gasteiger partial charge < -0.3 is 19.5 Å². The summed E-state index contributed by atoms with van der Waals surface area (Å²) in [7, 11) is 1.45. The zero-order valence-electron chi connectivity index (χ0n) is 21.3. The molecule has 202 valence electrons. The molecule has 3 rings (SSSR count). The van der Waals surface area contributed by atoms with Gasteiger partial charge in [-0.25, -0.2) is 23.9 Å². The Bertz CT molecular complexity index is 1030. The molecule has 2 aromatic rings. The molecule has 0 aliphatic carbocycles. The molecule has 1 aliphatic heterocycles. The first-order chi connectivity index (χ1) is 17.7. The number of anilines is 1. The normalized spacial score (nSPS) is 15.2.